The second kappa shape index (κ2) is 17.4. The molecule has 0 unspecified atom stereocenters. The zero-order chi connectivity index (χ0) is 34.8. The van der Waals surface area contributed by atoms with Gasteiger partial charge in [0, 0.05) is 64.4 Å². The normalized spacial score (nSPS) is 21.5. The first-order valence-electron chi connectivity index (χ1n) is 16.2. The first-order valence-corrected chi connectivity index (χ1v) is 17.7. The van der Waals surface area contributed by atoms with Gasteiger partial charge in [0.2, 0.25) is 10.0 Å². The first-order chi connectivity index (χ1) is 22.2. The number of alkyl halides is 2. The van der Waals surface area contributed by atoms with Crippen molar-refractivity contribution in [2.75, 3.05) is 46.3 Å². The van der Waals surface area contributed by atoms with Gasteiger partial charge in [0.15, 0.2) is 0 Å². The maximum atomic E-state index is 13.6. The van der Waals surface area contributed by atoms with E-state index in [4.69, 9.17) is 4.74 Å². The standard InChI is InChI=1S/C34H49F2N3O7S/c1-25(9-11-32(26(2)8-10-29(42)12-21-40)46-33(43)38-19-17-37(4)18-20-38)31(24-41)27(3)22-28-6-5-7-30(23-28)47(44,45)39-15-13-34(35,36)14-16-39/h5-7,9,11,21-26,29,31-32,42H,8,10,12-20H2,1-4H3/b11-9+,27-22+/t25-,26-,29+,31-,32-/m0/s1. The summed E-state index contributed by atoms with van der Waals surface area (Å²) in [5.41, 5.74) is 1.23. The Kier molecular flexibility index (Phi) is 14.2. The highest BCUT2D eigenvalue weighted by molar-refractivity contribution is 7.89. The lowest BCUT2D eigenvalue weighted by atomic mass is 9.86. The summed E-state index contributed by atoms with van der Waals surface area (Å²) in [6.45, 7) is 7.59. The maximum absolute atomic E-state index is 13.6. The predicted octanol–water partition coefficient (Wildman–Crippen LogP) is 4.64. The topological polar surface area (TPSA) is 125 Å². The Morgan fingerprint density at radius 1 is 1.04 bits per heavy atom. The number of nitrogens with zero attached hydrogens (tertiary/aromatic N) is 3. The van der Waals surface area contributed by atoms with Gasteiger partial charge in [-0.3, -0.25) is 0 Å². The number of ether oxygens (including phenoxy) is 1. The van der Waals surface area contributed by atoms with Crippen LogP contribution in [-0.2, 0) is 24.3 Å². The Balaban J connectivity index is 1.75. The minimum Gasteiger partial charge on any atom is -0.442 e. The summed E-state index contributed by atoms with van der Waals surface area (Å²) in [4.78, 5) is 39.9. The van der Waals surface area contributed by atoms with Gasteiger partial charge >= 0.3 is 6.09 Å². The largest absolute Gasteiger partial charge is 0.442 e. The van der Waals surface area contributed by atoms with Crippen molar-refractivity contribution in [3.63, 3.8) is 0 Å². The fourth-order valence-corrected chi connectivity index (χ4v) is 7.25. The highest BCUT2D eigenvalue weighted by Gasteiger charge is 2.38. The van der Waals surface area contributed by atoms with Crippen LogP contribution in [0, 0.1) is 17.8 Å². The molecule has 1 aromatic rings. The van der Waals surface area contributed by atoms with Crippen LogP contribution in [0.5, 0.6) is 0 Å². The molecular weight excluding hydrogens is 632 g/mol. The quantitative estimate of drug-likeness (QED) is 0.210. The number of allylic oxidation sites excluding steroid dienone is 2. The van der Waals surface area contributed by atoms with Gasteiger partial charge in [-0.15, -0.1) is 0 Å². The van der Waals surface area contributed by atoms with Gasteiger partial charge in [-0.2, -0.15) is 4.31 Å². The second-order valence-electron chi connectivity index (χ2n) is 12.9. The average Bonchev–Trinajstić information content (AvgIpc) is 3.02. The number of carbonyl (C=O) groups excluding carboxylic acids is 3. The summed E-state index contributed by atoms with van der Waals surface area (Å²) >= 11 is 0. The number of benzene rings is 1. The Hall–Kier alpha value is -3.00. The van der Waals surface area contributed by atoms with Crippen LogP contribution in [0.2, 0.25) is 0 Å². The van der Waals surface area contributed by atoms with Crippen molar-refractivity contribution in [1.29, 1.82) is 0 Å². The summed E-state index contributed by atoms with van der Waals surface area (Å²) in [6.07, 6.45) is 4.83. The molecule has 1 aromatic carbocycles. The van der Waals surface area contributed by atoms with Gasteiger partial charge in [-0.05, 0) is 62.4 Å². The van der Waals surface area contributed by atoms with Crippen molar-refractivity contribution in [2.24, 2.45) is 17.8 Å². The minimum absolute atomic E-state index is 0.00267. The number of hydrogen-bond acceptors (Lipinski definition) is 8. The number of rotatable bonds is 15. The molecule has 10 nitrogen and oxygen atoms in total. The molecule has 0 radical (unpaired) electrons. The van der Waals surface area contributed by atoms with E-state index in [0.29, 0.717) is 43.4 Å². The third-order valence-electron chi connectivity index (χ3n) is 9.07. The number of aliphatic hydroxyl groups is 1. The molecule has 1 amide bonds. The van der Waals surface area contributed by atoms with Gasteiger partial charge in [-0.1, -0.05) is 43.7 Å². The fourth-order valence-electron chi connectivity index (χ4n) is 5.75. The van der Waals surface area contributed by atoms with Gasteiger partial charge in [0.05, 0.1) is 11.0 Å². The smallest absolute Gasteiger partial charge is 0.410 e. The summed E-state index contributed by atoms with van der Waals surface area (Å²) in [5.74, 6) is -3.94. The van der Waals surface area contributed by atoms with E-state index in [9.17, 15) is 36.7 Å². The monoisotopic (exact) mass is 681 g/mol. The van der Waals surface area contributed by atoms with E-state index >= 15 is 0 Å². The van der Waals surface area contributed by atoms with Crippen LogP contribution in [0.4, 0.5) is 13.6 Å². The number of carbonyl (C=O) groups is 3. The van der Waals surface area contributed by atoms with Gasteiger partial charge in [0.25, 0.3) is 5.92 Å². The highest BCUT2D eigenvalue weighted by atomic mass is 32.2. The number of likely N-dealkylation sites (N-methyl/N-ethyl adjacent to an activating group) is 1. The van der Waals surface area contributed by atoms with Gasteiger partial charge in [-0.25, -0.2) is 22.0 Å². The summed E-state index contributed by atoms with van der Waals surface area (Å²) < 4.78 is 60.6. The number of aliphatic hydroxyl groups excluding tert-OH is 1. The molecule has 0 aromatic heterocycles. The average molecular weight is 682 g/mol. The molecule has 3 rings (SSSR count). The molecule has 0 bridgehead atoms. The lowest BCUT2D eigenvalue weighted by molar-refractivity contribution is -0.111. The number of piperazine rings is 1. The lowest BCUT2D eigenvalue weighted by Gasteiger charge is -2.33. The lowest BCUT2D eigenvalue weighted by Crippen LogP contribution is -2.48. The summed E-state index contributed by atoms with van der Waals surface area (Å²) in [6, 6.07) is 6.20. The molecule has 2 fully saturated rings. The van der Waals surface area contributed by atoms with E-state index in [1.165, 1.54) is 12.1 Å². The van der Waals surface area contributed by atoms with Crippen LogP contribution in [0.1, 0.15) is 58.4 Å². The maximum Gasteiger partial charge on any atom is 0.410 e. The minimum atomic E-state index is -3.96. The third-order valence-corrected chi connectivity index (χ3v) is 11.0. The molecule has 1 N–H and O–H groups in total. The number of sulfonamides is 1. The van der Waals surface area contributed by atoms with E-state index in [1.54, 1.807) is 36.1 Å². The molecule has 2 saturated heterocycles. The van der Waals surface area contributed by atoms with E-state index < -0.39 is 53.0 Å². The van der Waals surface area contributed by atoms with Crippen molar-refractivity contribution < 1.29 is 41.4 Å². The van der Waals surface area contributed by atoms with Crippen molar-refractivity contribution >= 4 is 34.8 Å². The van der Waals surface area contributed by atoms with Gasteiger partial charge in [0.1, 0.15) is 18.7 Å². The molecular formula is C34H49F2N3O7S. The molecule has 2 aliphatic heterocycles. The Bertz CT molecular complexity index is 1370. The molecule has 5 atom stereocenters. The molecule has 0 saturated carbocycles. The summed E-state index contributed by atoms with van der Waals surface area (Å²) in [7, 11) is -1.98. The van der Waals surface area contributed by atoms with Crippen LogP contribution in [-0.4, -0.2) is 111 Å². The van der Waals surface area contributed by atoms with Crippen LogP contribution >= 0.6 is 0 Å². The number of halogens is 2. The van der Waals surface area contributed by atoms with Crippen LogP contribution < -0.4 is 0 Å². The molecule has 2 heterocycles. The van der Waals surface area contributed by atoms with Gasteiger partial charge < -0.3 is 29.2 Å². The molecule has 262 valence electrons. The number of amides is 1. The van der Waals surface area contributed by atoms with E-state index in [1.807, 2.05) is 27.0 Å². The van der Waals surface area contributed by atoms with Crippen molar-refractivity contribution in [1.82, 2.24) is 14.1 Å². The fraction of sp³-hybridized carbons (Fsp3) is 0.618. The number of aldehydes is 2. The first kappa shape index (κ1) is 38.4. The molecule has 13 heteroatoms. The van der Waals surface area contributed by atoms with E-state index in [2.05, 4.69) is 4.90 Å². The van der Waals surface area contributed by atoms with Crippen molar-refractivity contribution in [2.45, 2.75) is 75.9 Å². The summed E-state index contributed by atoms with van der Waals surface area (Å²) in [5, 5.41) is 10.1. The van der Waals surface area contributed by atoms with Crippen LogP contribution in [0.15, 0.2) is 46.9 Å². The Morgan fingerprint density at radius 2 is 1.70 bits per heavy atom. The molecule has 0 aliphatic carbocycles. The molecule has 2 aliphatic rings. The third kappa shape index (κ3) is 11.3. The Morgan fingerprint density at radius 3 is 2.32 bits per heavy atom. The molecule has 0 spiro atoms. The zero-order valence-corrected chi connectivity index (χ0v) is 28.6. The SMILES string of the molecule is C/C(=C\c1cccc(S(=O)(=O)N2CCC(F)(F)CC2)c1)[C@@H](C=O)[C@@H](C)/C=C/[C@H](OC(=O)N1CCN(C)CC1)[C@@H](C)CC[C@@H](O)CC=O. The van der Waals surface area contributed by atoms with Crippen LogP contribution in [0.3, 0.4) is 0 Å². The van der Waals surface area contributed by atoms with Crippen LogP contribution in [0.25, 0.3) is 6.08 Å². The van der Waals surface area contributed by atoms with E-state index in [0.717, 1.165) is 23.7 Å². The Labute approximate surface area is 277 Å². The predicted molar refractivity (Wildman–Crippen MR) is 175 cm³/mol. The number of hydrogen-bond donors (Lipinski definition) is 1. The molecule has 47 heavy (non-hydrogen) atoms. The second-order valence-corrected chi connectivity index (χ2v) is 14.8. The number of piperidine rings is 1. The highest BCUT2D eigenvalue weighted by Crippen LogP contribution is 2.31. The zero-order valence-electron chi connectivity index (χ0n) is 27.8. The van der Waals surface area contributed by atoms with Crippen molar-refractivity contribution in [3.05, 3.63) is 47.6 Å². The van der Waals surface area contributed by atoms with E-state index in [-0.39, 0.29) is 36.2 Å². The van der Waals surface area contributed by atoms with Crippen molar-refractivity contribution in [3.8, 4) is 0 Å².